The molecule has 186 valence electrons. The zero-order chi connectivity index (χ0) is 25.6. The molecule has 0 fully saturated rings. The molecule has 0 radical (unpaired) electrons. The van der Waals surface area contributed by atoms with Gasteiger partial charge >= 0.3 is 0 Å². The zero-order valence-corrected chi connectivity index (χ0v) is 19.9. The molecular weight excluding hydrogens is 466 g/mol. The Morgan fingerprint density at radius 3 is 2.28 bits per heavy atom. The number of aliphatic hydroxyl groups is 1. The van der Waals surface area contributed by atoms with Gasteiger partial charge in [-0.2, -0.15) is 0 Å². The van der Waals surface area contributed by atoms with Crippen LogP contribution in [-0.2, 0) is 16.1 Å². The van der Waals surface area contributed by atoms with Crippen LogP contribution < -0.4 is 5.32 Å². The lowest BCUT2D eigenvalue weighted by atomic mass is 9.95. The highest BCUT2D eigenvalue weighted by molar-refractivity contribution is 6.50. The van der Waals surface area contributed by atoms with E-state index in [1.165, 1.54) is 24.3 Å². The Kier molecular flexibility index (Phi) is 6.19. The van der Waals surface area contributed by atoms with Crippen LogP contribution in [0.1, 0.15) is 25.0 Å². The molecule has 2 aromatic carbocycles. The summed E-state index contributed by atoms with van der Waals surface area (Å²) in [6.07, 6.45) is 2.52. The number of hydrogen-bond donors (Lipinski definition) is 3. The van der Waals surface area contributed by atoms with E-state index < -0.39 is 29.6 Å². The Balaban J connectivity index is 1.68. The number of carbonyl (C=O) groups is 2. The maximum Gasteiger partial charge on any atom is 0.259 e. The maximum absolute atomic E-state index is 14.3. The molecule has 36 heavy (non-hydrogen) atoms. The van der Waals surface area contributed by atoms with Crippen molar-refractivity contribution in [3.8, 4) is 0 Å². The fourth-order valence-electron chi connectivity index (χ4n) is 4.95. The topological polar surface area (TPSA) is 90.4 Å². The smallest absolute Gasteiger partial charge is 0.259 e. The van der Waals surface area contributed by atoms with Gasteiger partial charge in [0.15, 0.2) is 0 Å². The fourth-order valence-corrected chi connectivity index (χ4v) is 4.95. The molecule has 3 N–H and O–H groups in total. The minimum Gasteiger partial charge on any atom is -0.390 e. The van der Waals surface area contributed by atoms with E-state index in [0.29, 0.717) is 39.5 Å². The molecule has 2 amide bonds. The average Bonchev–Trinajstić information content (AvgIpc) is 3.49. The van der Waals surface area contributed by atoms with E-state index >= 15 is 0 Å². The second-order valence-electron chi connectivity index (χ2n) is 8.92. The molecule has 7 nitrogen and oxygen atoms in total. The van der Waals surface area contributed by atoms with Crippen molar-refractivity contribution in [1.82, 2.24) is 19.8 Å². The molecule has 2 aromatic heterocycles. The summed E-state index contributed by atoms with van der Waals surface area (Å²) < 4.78 is 30.1. The first-order valence-electron chi connectivity index (χ1n) is 11.9. The van der Waals surface area contributed by atoms with Gasteiger partial charge in [0.2, 0.25) is 0 Å². The molecule has 5 rings (SSSR count). The van der Waals surface area contributed by atoms with Gasteiger partial charge in [0.1, 0.15) is 11.6 Å². The number of H-pyrrole nitrogens is 1. The van der Waals surface area contributed by atoms with Crippen molar-refractivity contribution in [2.24, 2.45) is 0 Å². The molecule has 9 heteroatoms. The number of rotatable bonds is 8. The number of aromatic nitrogens is 2. The maximum atomic E-state index is 14.3. The van der Waals surface area contributed by atoms with Gasteiger partial charge in [0.05, 0.1) is 17.3 Å². The van der Waals surface area contributed by atoms with Gasteiger partial charge < -0.3 is 19.6 Å². The van der Waals surface area contributed by atoms with Crippen molar-refractivity contribution in [3.63, 3.8) is 0 Å². The van der Waals surface area contributed by atoms with Crippen LogP contribution in [0.3, 0.4) is 0 Å². The number of halogens is 2. The summed E-state index contributed by atoms with van der Waals surface area (Å²) in [5.41, 5.74) is 2.14. The number of aliphatic hydroxyl groups excluding tert-OH is 1. The number of nitrogens with zero attached hydrogens (tertiary/aromatic N) is 2. The summed E-state index contributed by atoms with van der Waals surface area (Å²) in [6, 6.07) is 8.38. The van der Waals surface area contributed by atoms with Gasteiger partial charge in [-0.15, -0.1) is 0 Å². The van der Waals surface area contributed by atoms with Crippen LogP contribution in [0.15, 0.2) is 48.8 Å². The Morgan fingerprint density at radius 1 is 0.944 bits per heavy atom. The van der Waals surface area contributed by atoms with Gasteiger partial charge in [-0.25, -0.2) is 8.78 Å². The summed E-state index contributed by atoms with van der Waals surface area (Å²) in [6.45, 7) is 6.29. The van der Waals surface area contributed by atoms with Gasteiger partial charge in [-0.1, -0.05) is 13.8 Å². The highest BCUT2D eigenvalue weighted by Gasteiger charge is 2.35. The quantitative estimate of drug-likeness (QED) is 0.328. The second kappa shape index (κ2) is 9.33. The number of imide groups is 1. The zero-order valence-electron chi connectivity index (χ0n) is 19.9. The number of hydrogen-bond acceptors (Lipinski definition) is 4. The lowest BCUT2D eigenvalue weighted by Gasteiger charge is -2.22. The molecule has 3 heterocycles. The van der Waals surface area contributed by atoms with Gasteiger partial charge in [-0.3, -0.25) is 14.9 Å². The SMILES string of the molecule is CCN(CC)CC(O)Cn1cc(C2=C(c3c[nH]c4ccc(F)cc34)C(=O)NC2=O)c2cc(F)ccc21. The predicted octanol–water partition coefficient (Wildman–Crippen LogP) is 3.67. The fraction of sp³-hybridized carbons (Fsp3) is 0.259. The Hall–Kier alpha value is -3.82. The van der Waals surface area contributed by atoms with Crippen LogP contribution in [0.2, 0.25) is 0 Å². The standard InChI is InChI=1S/C27H26F2N4O3/c1-3-32(4-2)12-17(34)13-33-14-21(19-10-16(29)6-8-23(19)33)25-24(26(35)31-27(25)36)20-11-30-22-7-5-15(28)9-18(20)22/h5-11,14,17,30,34H,3-4,12-13H2,1-2H3,(H,31,35,36). The number of amides is 2. The molecule has 0 aliphatic carbocycles. The van der Waals surface area contributed by atoms with Crippen LogP contribution >= 0.6 is 0 Å². The molecule has 0 bridgehead atoms. The van der Waals surface area contributed by atoms with E-state index in [4.69, 9.17) is 0 Å². The lowest BCUT2D eigenvalue weighted by molar-refractivity contribution is -0.122. The van der Waals surface area contributed by atoms with Gasteiger partial charge in [-0.05, 0) is 49.5 Å². The minimum absolute atomic E-state index is 0.0812. The molecule has 0 saturated heterocycles. The molecule has 1 aliphatic rings. The van der Waals surface area contributed by atoms with Crippen molar-refractivity contribution in [3.05, 3.63) is 71.6 Å². The minimum atomic E-state index is -0.706. The first-order valence-corrected chi connectivity index (χ1v) is 11.9. The van der Waals surface area contributed by atoms with E-state index in [2.05, 4.69) is 15.2 Å². The normalized spacial score (nSPS) is 15.1. The van der Waals surface area contributed by atoms with Crippen molar-refractivity contribution in [2.45, 2.75) is 26.5 Å². The molecule has 1 unspecified atom stereocenters. The van der Waals surface area contributed by atoms with E-state index in [1.54, 1.807) is 29.1 Å². The number of fused-ring (bicyclic) bond motifs is 2. The third-order valence-corrected chi connectivity index (χ3v) is 6.73. The second-order valence-corrected chi connectivity index (χ2v) is 8.92. The van der Waals surface area contributed by atoms with Crippen molar-refractivity contribution >= 4 is 44.8 Å². The van der Waals surface area contributed by atoms with Crippen LogP contribution in [0.5, 0.6) is 0 Å². The van der Waals surface area contributed by atoms with Crippen LogP contribution in [0.25, 0.3) is 33.0 Å². The predicted molar refractivity (Wildman–Crippen MR) is 134 cm³/mol. The lowest BCUT2D eigenvalue weighted by Crippen LogP contribution is -2.34. The van der Waals surface area contributed by atoms with Crippen molar-refractivity contribution in [2.75, 3.05) is 19.6 Å². The average molecular weight is 493 g/mol. The molecule has 0 spiro atoms. The number of benzene rings is 2. The summed E-state index contributed by atoms with van der Waals surface area (Å²) in [4.78, 5) is 31.1. The summed E-state index contributed by atoms with van der Waals surface area (Å²) >= 11 is 0. The molecule has 0 saturated carbocycles. The third kappa shape index (κ3) is 4.10. The third-order valence-electron chi connectivity index (χ3n) is 6.73. The summed E-state index contributed by atoms with van der Waals surface area (Å²) in [5, 5.41) is 14.0. The van der Waals surface area contributed by atoms with Crippen molar-refractivity contribution < 1.29 is 23.5 Å². The summed E-state index contributed by atoms with van der Waals surface area (Å²) in [7, 11) is 0. The van der Waals surface area contributed by atoms with Crippen molar-refractivity contribution in [1.29, 1.82) is 0 Å². The van der Waals surface area contributed by atoms with E-state index in [-0.39, 0.29) is 17.7 Å². The molecule has 4 aromatic rings. The first-order chi connectivity index (χ1) is 17.3. The Morgan fingerprint density at radius 2 is 1.58 bits per heavy atom. The number of nitrogens with one attached hydrogen (secondary N) is 2. The molecular formula is C27H26F2N4O3. The monoisotopic (exact) mass is 492 g/mol. The summed E-state index contributed by atoms with van der Waals surface area (Å²) in [5.74, 6) is -2.20. The van der Waals surface area contributed by atoms with E-state index in [9.17, 15) is 23.5 Å². The van der Waals surface area contributed by atoms with Gasteiger partial charge in [0, 0.05) is 58.4 Å². The Bertz CT molecular complexity index is 1530. The number of aromatic amines is 1. The van der Waals surface area contributed by atoms with Crippen LogP contribution in [0.4, 0.5) is 8.78 Å². The van der Waals surface area contributed by atoms with Gasteiger partial charge in [0.25, 0.3) is 11.8 Å². The first kappa shape index (κ1) is 23.9. The number of carbonyl (C=O) groups excluding carboxylic acids is 2. The highest BCUT2D eigenvalue weighted by Crippen LogP contribution is 2.38. The molecule has 1 aliphatic heterocycles. The molecule has 1 atom stereocenters. The van der Waals surface area contributed by atoms with Crippen LogP contribution in [-0.4, -0.2) is 57.1 Å². The number of likely N-dealkylation sites (N-methyl/N-ethyl adjacent to an activating group) is 1. The van der Waals surface area contributed by atoms with E-state index in [0.717, 1.165) is 13.1 Å². The van der Waals surface area contributed by atoms with E-state index in [1.807, 2.05) is 13.8 Å². The highest BCUT2D eigenvalue weighted by atomic mass is 19.1. The Labute approximate surface area is 206 Å². The van der Waals surface area contributed by atoms with Crippen LogP contribution in [0, 0.1) is 11.6 Å². The largest absolute Gasteiger partial charge is 0.390 e.